The van der Waals surface area contributed by atoms with Crippen LogP contribution in [-0.4, -0.2) is 25.6 Å². The third kappa shape index (κ3) is 2.13. The summed E-state index contributed by atoms with van der Waals surface area (Å²) >= 11 is 0. The second kappa shape index (κ2) is 4.45. The number of amidine groups is 1. The number of terminal acetylenes is 1. The molecule has 0 amide bonds. The van der Waals surface area contributed by atoms with Crippen molar-refractivity contribution >= 4 is 5.84 Å². The zero-order chi connectivity index (χ0) is 12.3. The number of nitrogens with zero attached hydrogens (tertiary/aromatic N) is 4. The van der Waals surface area contributed by atoms with E-state index in [1.807, 2.05) is 0 Å². The van der Waals surface area contributed by atoms with E-state index in [0.29, 0.717) is 17.1 Å². The molecular formula is C11H10N6. The molecule has 0 aliphatic heterocycles. The van der Waals surface area contributed by atoms with Gasteiger partial charge in [-0.2, -0.15) is 5.10 Å². The van der Waals surface area contributed by atoms with Crippen LogP contribution in [0, 0.1) is 17.8 Å². The predicted octanol–water partition coefficient (Wildman–Crippen LogP) is 0.257. The summed E-state index contributed by atoms with van der Waals surface area (Å²) in [5, 5.41) is 11.7. The average Bonchev–Trinajstić information content (AvgIpc) is 2.75. The van der Waals surface area contributed by atoms with Gasteiger partial charge in [0.05, 0.1) is 6.20 Å². The van der Waals surface area contributed by atoms with Crippen LogP contribution in [0.5, 0.6) is 0 Å². The fraction of sp³-hybridized carbons (Fsp3) is 0.0909. The summed E-state index contributed by atoms with van der Waals surface area (Å²) in [7, 11) is 0. The minimum atomic E-state index is -0.0807. The van der Waals surface area contributed by atoms with Gasteiger partial charge in [-0.25, -0.2) is 4.68 Å². The Kier molecular flexibility index (Phi) is 2.83. The fourth-order valence-corrected chi connectivity index (χ4v) is 1.40. The van der Waals surface area contributed by atoms with Crippen molar-refractivity contribution in [3.05, 3.63) is 30.4 Å². The molecule has 0 spiro atoms. The summed E-state index contributed by atoms with van der Waals surface area (Å²) < 4.78 is 1.49. The van der Waals surface area contributed by atoms with Crippen LogP contribution < -0.4 is 5.73 Å². The van der Waals surface area contributed by atoms with Crippen LogP contribution in [0.15, 0.2) is 24.7 Å². The summed E-state index contributed by atoms with van der Waals surface area (Å²) in [6, 6.07) is 1.67. The fourth-order valence-electron chi connectivity index (χ4n) is 1.40. The van der Waals surface area contributed by atoms with Gasteiger partial charge < -0.3 is 5.73 Å². The summed E-state index contributed by atoms with van der Waals surface area (Å²) in [5.41, 5.74) is 7.14. The van der Waals surface area contributed by atoms with Gasteiger partial charge in [-0.3, -0.25) is 15.4 Å². The van der Waals surface area contributed by atoms with Gasteiger partial charge in [-0.15, -0.1) is 6.42 Å². The Labute approximate surface area is 98.0 Å². The summed E-state index contributed by atoms with van der Waals surface area (Å²) in [5.74, 6) is 2.38. The first-order valence-corrected chi connectivity index (χ1v) is 4.84. The SMILES string of the molecule is C#CCn1nc(-c2cnccn2)cc1C(=N)N. The van der Waals surface area contributed by atoms with Crippen LogP contribution in [0.25, 0.3) is 11.4 Å². The number of hydrogen-bond donors (Lipinski definition) is 2. The zero-order valence-corrected chi connectivity index (χ0v) is 8.96. The second-order valence-electron chi connectivity index (χ2n) is 3.28. The molecule has 2 aromatic heterocycles. The first-order chi connectivity index (χ1) is 8.22. The molecule has 0 aliphatic carbocycles. The van der Waals surface area contributed by atoms with Crippen LogP contribution in [0.1, 0.15) is 5.69 Å². The van der Waals surface area contributed by atoms with Crippen molar-refractivity contribution in [3.63, 3.8) is 0 Å². The predicted molar refractivity (Wildman–Crippen MR) is 63.1 cm³/mol. The maximum absolute atomic E-state index is 7.44. The van der Waals surface area contributed by atoms with Crippen LogP contribution in [0.4, 0.5) is 0 Å². The number of rotatable bonds is 3. The molecule has 84 valence electrons. The molecule has 2 heterocycles. The molecule has 0 aromatic carbocycles. The molecular weight excluding hydrogens is 216 g/mol. The van der Waals surface area contributed by atoms with Gasteiger partial charge in [0, 0.05) is 12.4 Å². The Balaban J connectivity index is 2.48. The molecule has 6 nitrogen and oxygen atoms in total. The van der Waals surface area contributed by atoms with E-state index in [4.69, 9.17) is 17.6 Å². The quantitative estimate of drug-likeness (QED) is 0.446. The molecule has 0 radical (unpaired) electrons. The van der Waals surface area contributed by atoms with E-state index in [1.54, 1.807) is 24.7 Å². The maximum Gasteiger partial charge on any atom is 0.141 e. The van der Waals surface area contributed by atoms with E-state index in [-0.39, 0.29) is 12.4 Å². The standard InChI is InChI=1S/C11H10N6/c1-2-5-17-10(11(12)13)6-8(16-17)9-7-14-3-4-15-9/h1,3-4,6-7H,5H2,(H3,12,13). The first kappa shape index (κ1) is 10.8. The molecule has 3 N–H and O–H groups in total. The Bertz CT molecular complexity index is 578. The molecule has 0 saturated heterocycles. The molecule has 0 aliphatic rings. The molecule has 0 unspecified atom stereocenters. The van der Waals surface area contributed by atoms with Gasteiger partial charge >= 0.3 is 0 Å². The Morgan fingerprint density at radius 3 is 2.88 bits per heavy atom. The van der Waals surface area contributed by atoms with E-state index < -0.39 is 0 Å². The van der Waals surface area contributed by atoms with E-state index in [1.165, 1.54) is 4.68 Å². The lowest BCUT2D eigenvalue weighted by molar-refractivity contribution is 0.709. The highest BCUT2D eigenvalue weighted by molar-refractivity contribution is 5.94. The smallest absolute Gasteiger partial charge is 0.141 e. The van der Waals surface area contributed by atoms with Crippen molar-refractivity contribution in [2.45, 2.75) is 6.54 Å². The van der Waals surface area contributed by atoms with E-state index in [0.717, 1.165) is 0 Å². The Morgan fingerprint density at radius 2 is 2.29 bits per heavy atom. The van der Waals surface area contributed by atoms with Crippen molar-refractivity contribution in [2.24, 2.45) is 5.73 Å². The Morgan fingerprint density at radius 1 is 1.47 bits per heavy atom. The van der Waals surface area contributed by atoms with Crippen LogP contribution >= 0.6 is 0 Å². The molecule has 2 rings (SSSR count). The van der Waals surface area contributed by atoms with Crippen molar-refractivity contribution < 1.29 is 0 Å². The maximum atomic E-state index is 7.44. The minimum Gasteiger partial charge on any atom is -0.382 e. The summed E-state index contributed by atoms with van der Waals surface area (Å²) in [4.78, 5) is 8.08. The second-order valence-corrected chi connectivity index (χ2v) is 3.28. The normalized spacial score (nSPS) is 9.82. The highest BCUT2D eigenvalue weighted by atomic mass is 15.3. The number of nitrogens with one attached hydrogen (secondary N) is 1. The largest absolute Gasteiger partial charge is 0.382 e. The summed E-state index contributed by atoms with van der Waals surface area (Å²) in [6.45, 7) is 0.259. The van der Waals surface area contributed by atoms with Crippen LogP contribution in [0.2, 0.25) is 0 Å². The average molecular weight is 226 g/mol. The van der Waals surface area contributed by atoms with Gasteiger partial charge in [0.15, 0.2) is 0 Å². The summed E-state index contributed by atoms with van der Waals surface area (Å²) in [6.07, 6.45) is 9.97. The van der Waals surface area contributed by atoms with Crippen molar-refractivity contribution in [1.29, 1.82) is 5.41 Å². The number of hydrogen-bond acceptors (Lipinski definition) is 4. The highest BCUT2D eigenvalue weighted by Crippen LogP contribution is 2.15. The monoisotopic (exact) mass is 226 g/mol. The topological polar surface area (TPSA) is 93.5 Å². The zero-order valence-electron chi connectivity index (χ0n) is 8.96. The first-order valence-electron chi connectivity index (χ1n) is 4.84. The van der Waals surface area contributed by atoms with Crippen molar-refractivity contribution in [3.8, 4) is 23.7 Å². The van der Waals surface area contributed by atoms with E-state index >= 15 is 0 Å². The van der Waals surface area contributed by atoms with Gasteiger partial charge in [-0.1, -0.05) is 5.92 Å². The third-order valence-electron chi connectivity index (χ3n) is 2.12. The number of nitrogen functional groups attached to an aromatic ring is 1. The molecule has 0 bridgehead atoms. The lowest BCUT2D eigenvalue weighted by atomic mass is 10.3. The number of nitrogens with two attached hydrogens (primary N) is 1. The van der Waals surface area contributed by atoms with Crippen molar-refractivity contribution in [2.75, 3.05) is 0 Å². The highest BCUT2D eigenvalue weighted by Gasteiger charge is 2.11. The van der Waals surface area contributed by atoms with Crippen LogP contribution in [-0.2, 0) is 6.54 Å². The Hall–Kier alpha value is -2.68. The lowest BCUT2D eigenvalue weighted by Crippen LogP contribution is -2.17. The van der Waals surface area contributed by atoms with Crippen molar-refractivity contribution in [1.82, 2.24) is 19.7 Å². The third-order valence-corrected chi connectivity index (χ3v) is 2.12. The lowest BCUT2D eigenvalue weighted by Gasteiger charge is -1.99. The molecule has 0 atom stereocenters. The number of aromatic nitrogens is 4. The molecule has 0 fully saturated rings. The van der Waals surface area contributed by atoms with E-state index in [9.17, 15) is 0 Å². The van der Waals surface area contributed by atoms with Gasteiger partial charge in [0.1, 0.15) is 29.5 Å². The minimum absolute atomic E-state index is 0.0807. The molecule has 6 heteroatoms. The molecule has 17 heavy (non-hydrogen) atoms. The van der Waals surface area contributed by atoms with Gasteiger partial charge in [-0.05, 0) is 6.07 Å². The van der Waals surface area contributed by atoms with Crippen LogP contribution in [0.3, 0.4) is 0 Å². The van der Waals surface area contributed by atoms with E-state index in [2.05, 4.69) is 21.0 Å². The molecule has 0 saturated carbocycles. The molecule has 2 aromatic rings. The van der Waals surface area contributed by atoms with Gasteiger partial charge in [0.25, 0.3) is 0 Å². The van der Waals surface area contributed by atoms with Gasteiger partial charge in [0.2, 0.25) is 0 Å².